The van der Waals surface area contributed by atoms with E-state index in [4.69, 9.17) is 4.52 Å². The number of nitrogens with zero attached hydrogens (tertiary/aromatic N) is 4. The Morgan fingerprint density at radius 2 is 1.90 bits per heavy atom. The summed E-state index contributed by atoms with van der Waals surface area (Å²) >= 11 is 0. The van der Waals surface area contributed by atoms with E-state index in [9.17, 15) is 8.42 Å². The maximum absolute atomic E-state index is 12.6. The number of sulfonamides is 1. The Labute approximate surface area is 184 Å². The molecule has 1 saturated carbocycles. The number of guanidine groups is 1. The molecule has 1 saturated heterocycles. The predicted molar refractivity (Wildman–Crippen MR) is 120 cm³/mol. The number of hydrogen-bond acceptors (Lipinski definition) is 5. The standard InChI is InChI=1S/C22H31N5O3S/c1-16(2)17-4-6-18(7-5-17)20-14-21(20)24-22(23-3)26-9-11-27(12-10-26)31(28,29)15-19-8-13-30-25-19/h4-8,13,16,20-21H,9-12,14-15H2,1-3H3,(H,23,24). The van der Waals surface area contributed by atoms with Crippen LogP contribution in [-0.2, 0) is 15.8 Å². The lowest BCUT2D eigenvalue weighted by Gasteiger charge is -2.35. The molecule has 1 N–H and O–H groups in total. The molecule has 4 rings (SSSR count). The van der Waals surface area contributed by atoms with E-state index < -0.39 is 10.0 Å². The highest BCUT2D eigenvalue weighted by Crippen LogP contribution is 2.41. The van der Waals surface area contributed by atoms with Gasteiger partial charge in [0.15, 0.2) is 5.96 Å². The average molecular weight is 446 g/mol. The molecule has 1 aliphatic heterocycles. The molecule has 1 aromatic carbocycles. The molecule has 2 fully saturated rings. The van der Waals surface area contributed by atoms with Gasteiger partial charge in [-0.25, -0.2) is 8.42 Å². The van der Waals surface area contributed by atoms with Crippen molar-refractivity contribution in [2.24, 2.45) is 4.99 Å². The van der Waals surface area contributed by atoms with E-state index in [0.717, 1.165) is 12.4 Å². The first kappa shape index (κ1) is 21.8. The Balaban J connectivity index is 1.29. The number of piperazine rings is 1. The number of aliphatic imine (C=N–C) groups is 1. The molecular formula is C22H31N5O3S. The minimum Gasteiger partial charge on any atom is -0.364 e. The number of rotatable bonds is 6. The Morgan fingerprint density at radius 3 is 2.48 bits per heavy atom. The number of benzene rings is 1. The van der Waals surface area contributed by atoms with Gasteiger partial charge in [0.1, 0.15) is 12.0 Å². The van der Waals surface area contributed by atoms with Gasteiger partial charge in [-0.1, -0.05) is 43.3 Å². The van der Waals surface area contributed by atoms with Crippen molar-refractivity contribution in [3.05, 3.63) is 53.4 Å². The molecule has 168 valence electrons. The lowest BCUT2D eigenvalue weighted by atomic mass is 10.0. The van der Waals surface area contributed by atoms with Crippen molar-refractivity contribution in [2.75, 3.05) is 33.2 Å². The Morgan fingerprint density at radius 1 is 1.19 bits per heavy atom. The molecule has 0 bridgehead atoms. The van der Waals surface area contributed by atoms with Gasteiger partial charge in [0.25, 0.3) is 0 Å². The largest absolute Gasteiger partial charge is 0.364 e. The second-order valence-electron chi connectivity index (χ2n) is 8.59. The number of nitrogens with one attached hydrogen (secondary N) is 1. The molecule has 0 spiro atoms. The summed E-state index contributed by atoms with van der Waals surface area (Å²) in [6.07, 6.45) is 2.48. The predicted octanol–water partition coefficient (Wildman–Crippen LogP) is 2.38. The van der Waals surface area contributed by atoms with Crippen LogP contribution in [0.4, 0.5) is 0 Å². The first-order valence-electron chi connectivity index (χ1n) is 10.8. The van der Waals surface area contributed by atoms with E-state index in [1.54, 1.807) is 13.1 Å². The van der Waals surface area contributed by atoms with E-state index in [1.807, 2.05) is 0 Å². The van der Waals surface area contributed by atoms with Crippen LogP contribution in [0.15, 0.2) is 46.1 Å². The minimum atomic E-state index is -3.40. The molecule has 2 unspecified atom stereocenters. The summed E-state index contributed by atoms with van der Waals surface area (Å²) in [6, 6.07) is 10.9. The van der Waals surface area contributed by atoms with Crippen LogP contribution in [0, 0.1) is 0 Å². The second kappa shape index (κ2) is 9.00. The van der Waals surface area contributed by atoms with Crippen molar-refractivity contribution >= 4 is 16.0 Å². The van der Waals surface area contributed by atoms with Crippen molar-refractivity contribution in [3.8, 4) is 0 Å². The molecule has 9 heteroatoms. The van der Waals surface area contributed by atoms with Gasteiger partial charge in [0.2, 0.25) is 10.0 Å². The van der Waals surface area contributed by atoms with Crippen LogP contribution in [0.5, 0.6) is 0 Å². The van der Waals surface area contributed by atoms with Crippen molar-refractivity contribution in [2.45, 2.75) is 43.9 Å². The zero-order valence-electron chi connectivity index (χ0n) is 18.4. The van der Waals surface area contributed by atoms with Gasteiger partial charge < -0.3 is 14.7 Å². The zero-order chi connectivity index (χ0) is 22.0. The van der Waals surface area contributed by atoms with Gasteiger partial charge in [0.05, 0.1) is 5.69 Å². The summed E-state index contributed by atoms with van der Waals surface area (Å²) in [4.78, 5) is 6.58. The Bertz CT molecular complexity index is 994. The smallest absolute Gasteiger partial charge is 0.220 e. The molecule has 2 aliphatic rings. The molecule has 8 nitrogen and oxygen atoms in total. The van der Waals surface area contributed by atoms with Crippen molar-refractivity contribution in [1.29, 1.82) is 0 Å². The van der Waals surface area contributed by atoms with Crippen molar-refractivity contribution in [1.82, 2.24) is 19.7 Å². The summed E-state index contributed by atoms with van der Waals surface area (Å²) in [5.41, 5.74) is 3.16. The van der Waals surface area contributed by atoms with Gasteiger partial charge >= 0.3 is 0 Å². The molecule has 1 aromatic heterocycles. The lowest BCUT2D eigenvalue weighted by molar-refractivity contribution is 0.259. The van der Waals surface area contributed by atoms with E-state index in [1.165, 1.54) is 21.7 Å². The third-order valence-electron chi connectivity index (χ3n) is 6.10. The maximum Gasteiger partial charge on any atom is 0.220 e. The van der Waals surface area contributed by atoms with Crippen LogP contribution < -0.4 is 5.32 Å². The summed E-state index contributed by atoms with van der Waals surface area (Å²) in [5.74, 6) is 1.76. The first-order valence-corrected chi connectivity index (χ1v) is 12.4. The van der Waals surface area contributed by atoms with Crippen LogP contribution >= 0.6 is 0 Å². The van der Waals surface area contributed by atoms with Crippen LogP contribution in [0.1, 0.15) is 48.9 Å². The Kier molecular flexibility index (Phi) is 6.34. The summed E-state index contributed by atoms with van der Waals surface area (Å²) < 4.78 is 31.5. The van der Waals surface area contributed by atoms with E-state index >= 15 is 0 Å². The first-order chi connectivity index (χ1) is 14.9. The van der Waals surface area contributed by atoms with Crippen molar-refractivity contribution in [3.63, 3.8) is 0 Å². The van der Waals surface area contributed by atoms with E-state index in [2.05, 4.69) is 58.5 Å². The highest BCUT2D eigenvalue weighted by molar-refractivity contribution is 7.88. The minimum absolute atomic E-state index is 0.129. The third-order valence-corrected chi connectivity index (χ3v) is 7.91. The maximum atomic E-state index is 12.6. The van der Waals surface area contributed by atoms with Gasteiger partial charge in [-0.15, -0.1) is 0 Å². The SMILES string of the molecule is CN=C(NC1CC1c1ccc(C(C)C)cc1)N1CCN(S(=O)(=O)Cc2ccon2)CC1. The van der Waals surface area contributed by atoms with Crippen LogP contribution in [0.2, 0.25) is 0 Å². The number of aromatic nitrogens is 1. The normalized spacial score (nSPS) is 22.7. The fraction of sp³-hybridized carbons (Fsp3) is 0.545. The average Bonchev–Trinajstić information content (AvgIpc) is 3.36. The molecule has 2 aromatic rings. The molecule has 0 amide bonds. The summed E-state index contributed by atoms with van der Waals surface area (Å²) in [5, 5.41) is 7.29. The molecule has 2 heterocycles. The van der Waals surface area contributed by atoms with Crippen LogP contribution in [-0.4, -0.2) is 68.0 Å². The molecule has 31 heavy (non-hydrogen) atoms. The highest BCUT2D eigenvalue weighted by atomic mass is 32.2. The molecular weight excluding hydrogens is 414 g/mol. The van der Waals surface area contributed by atoms with Crippen LogP contribution in [0.25, 0.3) is 0 Å². The highest BCUT2D eigenvalue weighted by Gasteiger charge is 2.40. The van der Waals surface area contributed by atoms with Crippen LogP contribution in [0.3, 0.4) is 0 Å². The molecule has 1 aliphatic carbocycles. The third kappa shape index (κ3) is 5.10. The number of hydrogen-bond donors (Lipinski definition) is 1. The van der Waals surface area contributed by atoms with Gasteiger partial charge in [-0.3, -0.25) is 4.99 Å². The van der Waals surface area contributed by atoms with Gasteiger partial charge in [-0.2, -0.15) is 4.31 Å². The van der Waals surface area contributed by atoms with E-state index in [0.29, 0.717) is 49.8 Å². The zero-order valence-corrected chi connectivity index (χ0v) is 19.2. The summed E-state index contributed by atoms with van der Waals surface area (Å²) in [7, 11) is -1.62. The van der Waals surface area contributed by atoms with E-state index in [-0.39, 0.29) is 5.75 Å². The summed E-state index contributed by atoms with van der Waals surface area (Å²) in [6.45, 7) is 6.51. The lowest BCUT2D eigenvalue weighted by Crippen LogP contribution is -2.54. The molecule has 0 radical (unpaired) electrons. The molecule has 2 atom stereocenters. The van der Waals surface area contributed by atoms with Gasteiger partial charge in [-0.05, 0) is 23.5 Å². The Hall–Kier alpha value is -2.39. The quantitative estimate of drug-likeness (QED) is 0.542. The monoisotopic (exact) mass is 445 g/mol. The van der Waals surface area contributed by atoms with Gasteiger partial charge in [0, 0.05) is 51.3 Å². The topological polar surface area (TPSA) is 91.0 Å². The fourth-order valence-electron chi connectivity index (χ4n) is 4.08. The second-order valence-corrected chi connectivity index (χ2v) is 10.6. The fourth-order valence-corrected chi connectivity index (χ4v) is 5.51. The van der Waals surface area contributed by atoms with Crippen molar-refractivity contribution < 1.29 is 12.9 Å².